The Morgan fingerprint density at radius 2 is 1.76 bits per heavy atom. The Morgan fingerprint density at radius 3 is 2.29 bits per heavy atom. The molecular weight excluding hydrogens is 214 g/mol. The van der Waals surface area contributed by atoms with E-state index in [1.165, 1.54) is 6.54 Å². The Balaban J connectivity index is 2.16. The Kier molecular flexibility index (Phi) is 6.52. The van der Waals surface area contributed by atoms with E-state index in [2.05, 4.69) is 35.9 Å². The van der Waals surface area contributed by atoms with Gasteiger partial charge < -0.3 is 10.2 Å². The molecule has 1 rings (SSSR count). The minimum atomic E-state index is 0.171. The Bertz CT molecular complexity index is 223. The molecule has 1 amide bonds. The van der Waals surface area contributed by atoms with Crippen molar-refractivity contribution >= 4 is 5.91 Å². The van der Waals surface area contributed by atoms with Gasteiger partial charge in [0, 0.05) is 39.3 Å². The Hall–Kier alpha value is -0.610. The molecular formula is C13H27N3O. The van der Waals surface area contributed by atoms with Gasteiger partial charge in [0.05, 0.1) is 6.54 Å². The summed E-state index contributed by atoms with van der Waals surface area (Å²) in [5.41, 5.74) is 0. The van der Waals surface area contributed by atoms with Crippen LogP contribution in [0.3, 0.4) is 0 Å². The molecule has 1 aliphatic heterocycles. The van der Waals surface area contributed by atoms with Crippen LogP contribution in [0.2, 0.25) is 0 Å². The van der Waals surface area contributed by atoms with Gasteiger partial charge in [0.2, 0.25) is 5.91 Å². The summed E-state index contributed by atoms with van der Waals surface area (Å²) in [6.45, 7) is 13.4. The SMILES string of the molecule is CCCNC(=O)CN1CCN(CC(C)C)CC1. The second kappa shape index (κ2) is 7.67. The van der Waals surface area contributed by atoms with Crippen molar-refractivity contribution in [1.82, 2.24) is 15.1 Å². The zero-order valence-electron chi connectivity index (χ0n) is 11.5. The maximum Gasteiger partial charge on any atom is 0.234 e. The van der Waals surface area contributed by atoms with Gasteiger partial charge in [-0.15, -0.1) is 0 Å². The number of nitrogens with one attached hydrogen (secondary N) is 1. The van der Waals surface area contributed by atoms with Gasteiger partial charge >= 0.3 is 0 Å². The molecule has 4 nitrogen and oxygen atoms in total. The lowest BCUT2D eigenvalue weighted by molar-refractivity contribution is -0.122. The van der Waals surface area contributed by atoms with Crippen LogP contribution in [-0.2, 0) is 4.79 Å². The van der Waals surface area contributed by atoms with Crippen molar-refractivity contribution < 1.29 is 4.79 Å². The van der Waals surface area contributed by atoms with Crippen LogP contribution in [0.1, 0.15) is 27.2 Å². The third-order valence-electron chi connectivity index (χ3n) is 3.03. The highest BCUT2D eigenvalue weighted by Crippen LogP contribution is 2.04. The van der Waals surface area contributed by atoms with Gasteiger partial charge in [0.15, 0.2) is 0 Å². The van der Waals surface area contributed by atoms with Crippen LogP contribution in [0.15, 0.2) is 0 Å². The third kappa shape index (κ3) is 6.03. The molecule has 1 saturated heterocycles. The van der Waals surface area contributed by atoms with Crippen molar-refractivity contribution in [2.24, 2.45) is 5.92 Å². The summed E-state index contributed by atoms with van der Waals surface area (Å²) in [6.07, 6.45) is 1.01. The molecule has 0 bridgehead atoms. The minimum Gasteiger partial charge on any atom is -0.355 e. The molecule has 1 heterocycles. The standard InChI is InChI=1S/C13H27N3O/c1-4-5-14-13(17)11-16-8-6-15(7-9-16)10-12(2)3/h12H,4-11H2,1-3H3,(H,14,17). The number of rotatable bonds is 6. The lowest BCUT2D eigenvalue weighted by Gasteiger charge is -2.35. The van der Waals surface area contributed by atoms with Crippen LogP contribution in [0.25, 0.3) is 0 Å². The molecule has 0 aromatic carbocycles. The zero-order valence-corrected chi connectivity index (χ0v) is 11.5. The van der Waals surface area contributed by atoms with Gasteiger partial charge in [0.25, 0.3) is 0 Å². The van der Waals surface area contributed by atoms with E-state index in [1.54, 1.807) is 0 Å². The Morgan fingerprint density at radius 1 is 1.18 bits per heavy atom. The van der Waals surface area contributed by atoms with Crippen LogP contribution in [0.5, 0.6) is 0 Å². The predicted octanol–water partition coefficient (Wildman–Crippen LogP) is 0.786. The quantitative estimate of drug-likeness (QED) is 0.747. The highest BCUT2D eigenvalue weighted by molar-refractivity contribution is 5.77. The number of nitrogens with zero attached hydrogens (tertiary/aromatic N) is 2. The predicted molar refractivity (Wildman–Crippen MR) is 71.0 cm³/mol. The highest BCUT2D eigenvalue weighted by atomic mass is 16.2. The van der Waals surface area contributed by atoms with Gasteiger partial charge in [0.1, 0.15) is 0 Å². The van der Waals surface area contributed by atoms with Gasteiger partial charge in [-0.05, 0) is 12.3 Å². The molecule has 17 heavy (non-hydrogen) atoms. The second-order valence-electron chi connectivity index (χ2n) is 5.32. The smallest absolute Gasteiger partial charge is 0.234 e. The highest BCUT2D eigenvalue weighted by Gasteiger charge is 2.18. The number of amides is 1. The van der Waals surface area contributed by atoms with E-state index in [0.717, 1.165) is 45.1 Å². The fraction of sp³-hybridized carbons (Fsp3) is 0.923. The van der Waals surface area contributed by atoms with E-state index in [0.29, 0.717) is 6.54 Å². The normalized spacial score (nSPS) is 18.6. The lowest BCUT2D eigenvalue weighted by Crippen LogP contribution is -2.50. The molecule has 0 spiro atoms. The number of carbonyl (C=O) groups is 1. The maximum absolute atomic E-state index is 11.6. The van der Waals surface area contributed by atoms with Gasteiger partial charge in [-0.1, -0.05) is 20.8 Å². The first-order valence-electron chi connectivity index (χ1n) is 6.83. The molecule has 0 unspecified atom stereocenters. The first-order chi connectivity index (χ1) is 8.11. The van der Waals surface area contributed by atoms with Gasteiger partial charge in [-0.3, -0.25) is 9.69 Å². The molecule has 0 radical (unpaired) electrons. The first-order valence-corrected chi connectivity index (χ1v) is 6.83. The number of piperazine rings is 1. The van der Waals surface area contributed by atoms with E-state index in [9.17, 15) is 4.79 Å². The molecule has 1 aliphatic rings. The van der Waals surface area contributed by atoms with Crippen LogP contribution in [-0.4, -0.2) is 61.5 Å². The van der Waals surface area contributed by atoms with Crippen LogP contribution in [0, 0.1) is 5.92 Å². The molecule has 0 atom stereocenters. The fourth-order valence-corrected chi connectivity index (χ4v) is 2.17. The molecule has 100 valence electrons. The van der Waals surface area contributed by atoms with E-state index < -0.39 is 0 Å². The van der Waals surface area contributed by atoms with Crippen LogP contribution < -0.4 is 5.32 Å². The van der Waals surface area contributed by atoms with E-state index in [-0.39, 0.29) is 5.91 Å². The van der Waals surface area contributed by atoms with Crippen molar-refractivity contribution in [2.75, 3.05) is 45.8 Å². The summed E-state index contributed by atoms with van der Waals surface area (Å²) in [6, 6.07) is 0. The summed E-state index contributed by atoms with van der Waals surface area (Å²) >= 11 is 0. The van der Waals surface area contributed by atoms with Crippen molar-refractivity contribution in [3.63, 3.8) is 0 Å². The second-order valence-corrected chi connectivity index (χ2v) is 5.32. The molecule has 0 aliphatic carbocycles. The lowest BCUT2D eigenvalue weighted by atomic mass is 10.2. The average molecular weight is 241 g/mol. The fourth-order valence-electron chi connectivity index (χ4n) is 2.17. The van der Waals surface area contributed by atoms with Crippen molar-refractivity contribution in [3.05, 3.63) is 0 Å². The largest absolute Gasteiger partial charge is 0.355 e. The summed E-state index contributed by atoms with van der Waals surface area (Å²) in [7, 11) is 0. The van der Waals surface area contributed by atoms with Gasteiger partial charge in [-0.25, -0.2) is 0 Å². The molecule has 1 N–H and O–H groups in total. The Labute approximate surface area is 105 Å². The van der Waals surface area contributed by atoms with Crippen molar-refractivity contribution in [2.45, 2.75) is 27.2 Å². The van der Waals surface area contributed by atoms with Crippen LogP contribution >= 0.6 is 0 Å². The monoisotopic (exact) mass is 241 g/mol. The molecule has 0 saturated carbocycles. The zero-order chi connectivity index (χ0) is 12.7. The number of hydrogen-bond donors (Lipinski definition) is 1. The average Bonchev–Trinajstić information content (AvgIpc) is 2.28. The third-order valence-corrected chi connectivity index (χ3v) is 3.03. The summed E-state index contributed by atoms with van der Waals surface area (Å²) in [4.78, 5) is 16.3. The van der Waals surface area contributed by atoms with Gasteiger partial charge in [-0.2, -0.15) is 0 Å². The molecule has 0 aromatic heterocycles. The summed E-state index contributed by atoms with van der Waals surface area (Å²) < 4.78 is 0. The van der Waals surface area contributed by atoms with E-state index in [1.807, 2.05) is 0 Å². The first kappa shape index (κ1) is 14.5. The van der Waals surface area contributed by atoms with E-state index in [4.69, 9.17) is 0 Å². The molecule has 0 aromatic rings. The van der Waals surface area contributed by atoms with E-state index >= 15 is 0 Å². The van der Waals surface area contributed by atoms with Crippen molar-refractivity contribution in [3.8, 4) is 0 Å². The number of carbonyl (C=O) groups excluding carboxylic acids is 1. The van der Waals surface area contributed by atoms with Crippen LogP contribution in [0.4, 0.5) is 0 Å². The topological polar surface area (TPSA) is 35.6 Å². The molecule has 4 heteroatoms. The summed E-state index contributed by atoms with van der Waals surface area (Å²) in [5.74, 6) is 0.901. The number of hydrogen-bond acceptors (Lipinski definition) is 3. The minimum absolute atomic E-state index is 0.171. The molecule has 1 fully saturated rings. The van der Waals surface area contributed by atoms with Crippen molar-refractivity contribution in [1.29, 1.82) is 0 Å². The summed E-state index contributed by atoms with van der Waals surface area (Å²) in [5, 5.41) is 2.93. The maximum atomic E-state index is 11.6.